The number of nitrogens with one attached hydrogen (secondary N) is 1. The first-order valence-electron chi connectivity index (χ1n) is 10.6. The van der Waals surface area contributed by atoms with E-state index in [1.54, 1.807) is 0 Å². The van der Waals surface area contributed by atoms with Gasteiger partial charge in [-0.25, -0.2) is 0 Å². The van der Waals surface area contributed by atoms with Gasteiger partial charge in [0.25, 0.3) is 0 Å². The smallest absolute Gasteiger partial charge is 0.232 e. The van der Waals surface area contributed by atoms with Crippen molar-refractivity contribution in [3.05, 3.63) is 71.8 Å². The van der Waals surface area contributed by atoms with Gasteiger partial charge in [-0.15, -0.1) is 0 Å². The molecule has 6 rings (SSSR count). The number of amides is 1. The average Bonchev–Trinajstić information content (AvgIpc) is 2.87. The first-order valence-corrected chi connectivity index (χ1v) is 10.6. The molecule has 0 saturated heterocycles. The van der Waals surface area contributed by atoms with Crippen LogP contribution in [-0.2, 0) is 4.79 Å². The van der Waals surface area contributed by atoms with Gasteiger partial charge in [-0.1, -0.05) is 60.7 Å². The highest BCUT2D eigenvalue weighted by Gasteiger charge is 2.48. The van der Waals surface area contributed by atoms with Crippen molar-refractivity contribution in [2.75, 3.05) is 0 Å². The van der Waals surface area contributed by atoms with E-state index in [0.717, 1.165) is 28.9 Å². The number of rotatable bonds is 4. The lowest BCUT2D eigenvalue weighted by Gasteiger charge is -2.46. The van der Waals surface area contributed by atoms with Gasteiger partial charge in [0.15, 0.2) is 0 Å². The molecule has 0 heterocycles. The van der Waals surface area contributed by atoms with Crippen molar-refractivity contribution in [1.82, 2.24) is 5.32 Å². The van der Waals surface area contributed by atoms with Gasteiger partial charge >= 0.3 is 0 Å². The maximum atomic E-state index is 13.6. The maximum absolute atomic E-state index is 13.6. The van der Waals surface area contributed by atoms with Crippen LogP contribution in [0.2, 0.25) is 0 Å². The Morgan fingerprint density at radius 3 is 1.89 bits per heavy atom. The fourth-order valence-corrected chi connectivity index (χ4v) is 6.43. The molecule has 0 aliphatic heterocycles. The second-order valence-corrected chi connectivity index (χ2v) is 9.28. The Kier molecular flexibility index (Phi) is 4.30. The molecular weight excluding hydrogens is 330 g/mol. The zero-order valence-electron chi connectivity index (χ0n) is 15.9. The highest BCUT2D eigenvalue weighted by atomic mass is 16.2. The molecule has 4 fully saturated rings. The fourth-order valence-electron chi connectivity index (χ4n) is 6.43. The molecule has 0 radical (unpaired) electrons. The van der Waals surface area contributed by atoms with Gasteiger partial charge in [0, 0.05) is 5.54 Å². The standard InChI is InChI=1S/C25H29NO/c27-24(23(21-7-3-1-4-8-21)22-9-5-2-6-10-22)26-25-12-11-18-13-19(16-25)15-20(14-18)17-25/h1-10,18-20,23H,11-17H2,(H,26,27)/t18?,19-,20-,25?/m0/s1. The summed E-state index contributed by atoms with van der Waals surface area (Å²) < 4.78 is 0. The molecule has 27 heavy (non-hydrogen) atoms. The molecule has 2 aromatic rings. The monoisotopic (exact) mass is 359 g/mol. The third kappa shape index (κ3) is 3.31. The van der Waals surface area contributed by atoms with Crippen LogP contribution in [0.25, 0.3) is 0 Å². The SMILES string of the molecule is O=C(NC12CCC3C[C@@H](C[C@H](C3)C1)C2)C(c1ccccc1)c1ccccc1. The van der Waals surface area contributed by atoms with Crippen LogP contribution in [0.1, 0.15) is 62.0 Å². The molecule has 1 amide bonds. The summed E-state index contributed by atoms with van der Waals surface area (Å²) in [4.78, 5) is 13.6. The van der Waals surface area contributed by atoms with Crippen LogP contribution in [-0.4, -0.2) is 11.4 Å². The van der Waals surface area contributed by atoms with E-state index >= 15 is 0 Å². The number of fused-ring (bicyclic) bond motifs is 1. The lowest BCUT2D eigenvalue weighted by Crippen LogP contribution is -2.53. The molecule has 140 valence electrons. The minimum absolute atomic E-state index is 0.0394. The van der Waals surface area contributed by atoms with E-state index < -0.39 is 0 Å². The van der Waals surface area contributed by atoms with Gasteiger partial charge in [-0.3, -0.25) is 4.79 Å². The average molecular weight is 360 g/mol. The predicted molar refractivity (Wildman–Crippen MR) is 108 cm³/mol. The van der Waals surface area contributed by atoms with Crippen LogP contribution in [0.3, 0.4) is 0 Å². The van der Waals surface area contributed by atoms with Gasteiger partial charge < -0.3 is 5.32 Å². The molecule has 2 aromatic carbocycles. The van der Waals surface area contributed by atoms with Gasteiger partial charge in [0.2, 0.25) is 5.91 Å². The fraction of sp³-hybridized carbons (Fsp3) is 0.480. The summed E-state index contributed by atoms with van der Waals surface area (Å²) in [5.41, 5.74) is 2.21. The Morgan fingerprint density at radius 2 is 1.33 bits per heavy atom. The Hall–Kier alpha value is -2.09. The Bertz CT molecular complexity index is 746. The first-order chi connectivity index (χ1) is 13.2. The van der Waals surface area contributed by atoms with E-state index in [0.29, 0.717) is 0 Å². The van der Waals surface area contributed by atoms with Crippen LogP contribution in [0.15, 0.2) is 60.7 Å². The van der Waals surface area contributed by atoms with Crippen molar-refractivity contribution >= 4 is 5.91 Å². The van der Waals surface area contributed by atoms with E-state index in [1.807, 2.05) is 36.4 Å². The molecule has 0 aromatic heterocycles. The van der Waals surface area contributed by atoms with E-state index in [4.69, 9.17) is 0 Å². The summed E-state index contributed by atoms with van der Waals surface area (Å²) in [6.07, 6.45) is 9.06. The van der Waals surface area contributed by atoms with Crippen LogP contribution in [0, 0.1) is 17.8 Å². The summed E-state index contributed by atoms with van der Waals surface area (Å²) >= 11 is 0. The number of hydrogen-bond acceptors (Lipinski definition) is 1. The minimum Gasteiger partial charge on any atom is -0.350 e. The van der Waals surface area contributed by atoms with Crippen molar-refractivity contribution in [3.63, 3.8) is 0 Å². The molecule has 4 bridgehead atoms. The third-order valence-corrected chi connectivity index (χ3v) is 7.31. The zero-order valence-corrected chi connectivity index (χ0v) is 15.9. The molecule has 2 nitrogen and oxygen atoms in total. The minimum atomic E-state index is -0.222. The van der Waals surface area contributed by atoms with Crippen LogP contribution < -0.4 is 5.32 Å². The summed E-state index contributed by atoms with van der Waals surface area (Å²) in [7, 11) is 0. The Balaban J connectivity index is 1.45. The molecular formula is C25H29NO. The summed E-state index contributed by atoms with van der Waals surface area (Å²) in [6.45, 7) is 0. The van der Waals surface area contributed by atoms with Crippen molar-refractivity contribution in [2.24, 2.45) is 17.8 Å². The molecule has 2 atom stereocenters. The highest BCUT2D eigenvalue weighted by Crippen LogP contribution is 2.53. The van der Waals surface area contributed by atoms with Crippen molar-refractivity contribution in [1.29, 1.82) is 0 Å². The quantitative estimate of drug-likeness (QED) is 0.789. The molecule has 4 aliphatic carbocycles. The summed E-state index contributed by atoms with van der Waals surface area (Å²) in [5, 5.41) is 3.62. The number of benzene rings is 2. The number of hydrogen-bond donors (Lipinski definition) is 1. The van der Waals surface area contributed by atoms with Gasteiger partial charge in [-0.05, 0) is 73.8 Å². The van der Waals surface area contributed by atoms with Gasteiger partial charge in [0.05, 0.1) is 5.92 Å². The van der Waals surface area contributed by atoms with E-state index in [1.165, 1.54) is 44.9 Å². The first kappa shape index (κ1) is 17.0. The molecule has 0 unspecified atom stereocenters. The predicted octanol–water partition coefficient (Wildman–Crippen LogP) is 5.29. The third-order valence-electron chi connectivity index (χ3n) is 7.31. The zero-order chi connectivity index (χ0) is 18.3. The van der Waals surface area contributed by atoms with Crippen LogP contribution in [0.4, 0.5) is 0 Å². The van der Waals surface area contributed by atoms with Crippen molar-refractivity contribution in [2.45, 2.75) is 56.4 Å². The Morgan fingerprint density at radius 1 is 0.815 bits per heavy atom. The van der Waals surface area contributed by atoms with Crippen LogP contribution in [0.5, 0.6) is 0 Å². The lowest BCUT2D eigenvalue weighted by molar-refractivity contribution is -0.124. The second-order valence-electron chi connectivity index (χ2n) is 9.28. The lowest BCUT2D eigenvalue weighted by atomic mass is 9.65. The number of carbonyl (C=O) groups is 1. The van der Waals surface area contributed by atoms with E-state index in [9.17, 15) is 4.79 Å². The molecule has 1 N–H and O–H groups in total. The van der Waals surface area contributed by atoms with Crippen molar-refractivity contribution < 1.29 is 4.79 Å². The molecule has 0 spiro atoms. The second kappa shape index (κ2) is 6.82. The Labute approximate surface area is 162 Å². The normalized spacial score (nSPS) is 31.7. The van der Waals surface area contributed by atoms with Crippen molar-refractivity contribution in [3.8, 4) is 0 Å². The molecule has 4 aliphatic rings. The molecule has 2 heteroatoms. The van der Waals surface area contributed by atoms with E-state index in [-0.39, 0.29) is 17.4 Å². The molecule has 4 saturated carbocycles. The largest absolute Gasteiger partial charge is 0.350 e. The number of carbonyl (C=O) groups excluding carboxylic acids is 1. The highest BCUT2D eigenvalue weighted by molar-refractivity contribution is 5.87. The van der Waals surface area contributed by atoms with Gasteiger partial charge in [0.1, 0.15) is 0 Å². The maximum Gasteiger partial charge on any atom is 0.232 e. The van der Waals surface area contributed by atoms with Gasteiger partial charge in [-0.2, -0.15) is 0 Å². The van der Waals surface area contributed by atoms with E-state index in [2.05, 4.69) is 29.6 Å². The topological polar surface area (TPSA) is 29.1 Å². The summed E-state index contributed by atoms with van der Waals surface area (Å²) in [6, 6.07) is 20.5. The summed E-state index contributed by atoms with van der Waals surface area (Å²) in [5.74, 6) is 2.54. The van der Waals surface area contributed by atoms with Crippen LogP contribution >= 0.6 is 0 Å².